The molecule has 40 heavy (non-hydrogen) atoms. The largest absolute Gasteiger partial charge is 0.527 e. The Labute approximate surface area is 224 Å². The Kier molecular flexibility index (Phi) is 9.41. The third kappa shape index (κ3) is 7.50. The molecule has 0 aromatic heterocycles. The van der Waals surface area contributed by atoms with E-state index < -0.39 is 53.7 Å². The minimum atomic E-state index is -7.54. The molecule has 0 saturated heterocycles. The molecule has 19 heteroatoms. The van der Waals surface area contributed by atoms with Crippen LogP contribution in [-0.2, 0) is 20.2 Å². The van der Waals surface area contributed by atoms with Crippen LogP contribution in [0.25, 0.3) is 6.08 Å². The average molecular weight is 642 g/mol. The van der Waals surface area contributed by atoms with E-state index in [1.54, 1.807) is 0 Å². The van der Waals surface area contributed by atoms with Crippen LogP contribution in [0.3, 0.4) is 0 Å². The second-order valence-corrected chi connectivity index (χ2v) is 8.26. The molecule has 0 aliphatic heterocycles. The van der Waals surface area contributed by atoms with Crippen molar-refractivity contribution in [2.75, 3.05) is 5.32 Å². The molecular weight excluding hydrogens is 632 g/mol. The zero-order chi connectivity index (χ0) is 30.9. The summed E-state index contributed by atoms with van der Waals surface area (Å²) in [6, 6.07) is 5.64. The fourth-order valence-electron chi connectivity index (χ4n) is 2.61. The highest BCUT2D eigenvalue weighted by Crippen LogP contribution is 2.54. The lowest BCUT2D eigenvalue weighted by Gasteiger charge is -2.35. The summed E-state index contributed by atoms with van der Waals surface area (Å²) in [4.78, 5) is 12.0. The second kappa shape index (κ2) is 11.3. The molecule has 1 amide bonds. The topological polar surface area (TPSA) is 47.6 Å². The maximum absolute atomic E-state index is 14.4. The molecule has 2 aromatic carbocycles. The standard InChI is InChI=1S/C21H10Cl2F13NO3/c22-12-6-4-10(14(23)9-12)5-7-15(38)37-13-3-1-2-11(8-13)16(24,25)18(28,29)39-19(30,31)17(26,27)20(32,33)40-21(34,35)36/h1-9H,(H,37,38)/b7-5+. The van der Waals surface area contributed by atoms with Gasteiger partial charge in [0.1, 0.15) is 0 Å². The van der Waals surface area contributed by atoms with Gasteiger partial charge in [-0.05, 0) is 35.9 Å². The number of halogens is 15. The van der Waals surface area contributed by atoms with Crippen molar-refractivity contribution in [3.8, 4) is 0 Å². The van der Waals surface area contributed by atoms with Crippen molar-refractivity contribution in [2.45, 2.75) is 36.5 Å². The first-order chi connectivity index (χ1) is 17.9. The minimum absolute atomic E-state index is 0.0515. The number of amides is 1. The van der Waals surface area contributed by atoms with E-state index in [2.05, 4.69) is 0 Å². The molecule has 0 unspecified atom stereocenters. The molecule has 0 aliphatic carbocycles. The number of carbonyl (C=O) groups excluding carboxylic acids is 1. The van der Waals surface area contributed by atoms with Crippen LogP contribution in [0.1, 0.15) is 11.1 Å². The molecule has 0 radical (unpaired) electrons. The number of alkyl halides is 13. The molecule has 0 fully saturated rings. The SMILES string of the molecule is O=C(/C=C/c1ccc(Cl)cc1Cl)Nc1cccc(C(F)(F)C(F)(F)OC(F)(F)C(F)(F)C(F)(F)OC(F)(F)F)c1. The summed E-state index contributed by atoms with van der Waals surface area (Å²) in [5.41, 5.74) is -2.41. The maximum atomic E-state index is 14.4. The van der Waals surface area contributed by atoms with E-state index in [1.165, 1.54) is 22.9 Å². The molecule has 0 bridgehead atoms. The zero-order valence-corrected chi connectivity index (χ0v) is 20.1. The molecule has 1 N–H and O–H groups in total. The predicted molar refractivity (Wildman–Crippen MR) is 112 cm³/mol. The predicted octanol–water partition coefficient (Wildman–Crippen LogP) is 8.70. The van der Waals surface area contributed by atoms with Crippen molar-refractivity contribution < 1.29 is 71.3 Å². The van der Waals surface area contributed by atoms with Gasteiger partial charge in [0.25, 0.3) is 0 Å². The van der Waals surface area contributed by atoms with Gasteiger partial charge in [0, 0.05) is 27.4 Å². The normalized spacial score (nSPS) is 14.1. The minimum Gasteiger partial charge on any atom is -0.322 e. The van der Waals surface area contributed by atoms with Crippen molar-refractivity contribution in [3.63, 3.8) is 0 Å². The van der Waals surface area contributed by atoms with E-state index in [0.717, 1.165) is 18.2 Å². The number of benzene rings is 2. The second-order valence-electron chi connectivity index (χ2n) is 7.42. The molecular formula is C21H10Cl2F13NO3. The Bertz CT molecular complexity index is 1270. The zero-order valence-electron chi connectivity index (χ0n) is 18.6. The molecule has 0 heterocycles. The quantitative estimate of drug-likeness (QED) is 0.209. The van der Waals surface area contributed by atoms with Crippen molar-refractivity contribution in [1.82, 2.24) is 0 Å². The fourth-order valence-corrected chi connectivity index (χ4v) is 3.09. The monoisotopic (exact) mass is 641 g/mol. The highest BCUT2D eigenvalue weighted by atomic mass is 35.5. The molecule has 0 atom stereocenters. The number of hydrogen-bond acceptors (Lipinski definition) is 3. The van der Waals surface area contributed by atoms with Crippen LogP contribution in [-0.4, -0.2) is 36.5 Å². The van der Waals surface area contributed by atoms with Crippen LogP contribution in [0.4, 0.5) is 62.8 Å². The summed E-state index contributed by atoms with van der Waals surface area (Å²) in [5, 5.41) is 2.25. The molecule has 4 nitrogen and oxygen atoms in total. The molecule has 0 saturated carbocycles. The Morgan fingerprint density at radius 1 is 0.750 bits per heavy atom. The maximum Gasteiger partial charge on any atom is 0.527 e. The van der Waals surface area contributed by atoms with Gasteiger partial charge in [-0.15, -0.1) is 13.2 Å². The van der Waals surface area contributed by atoms with Gasteiger partial charge in [-0.1, -0.05) is 41.4 Å². The lowest BCUT2D eigenvalue weighted by molar-refractivity contribution is -0.535. The first-order valence-electron chi connectivity index (χ1n) is 9.83. The van der Waals surface area contributed by atoms with Crippen molar-refractivity contribution in [2.24, 2.45) is 0 Å². The summed E-state index contributed by atoms with van der Waals surface area (Å²) < 4.78 is 176. The van der Waals surface area contributed by atoms with Crippen molar-refractivity contribution in [1.29, 1.82) is 0 Å². The molecule has 0 aliphatic rings. The first kappa shape index (κ1) is 33.4. The van der Waals surface area contributed by atoms with Crippen molar-refractivity contribution in [3.05, 3.63) is 69.7 Å². The lowest BCUT2D eigenvalue weighted by atomic mass is 10.1. The Morgan fingerprint density at radius 3 is 1.88 bits per heavy atom. The van der Waals surface area contributed by atoms with Crippen LogP contribution >= 0.6 is 23.2 Å². The van der Waals surface area contributed by atoms with Gasteiger partial charge in [-0.2, -0.15) is 43.9 Å². The first-order valence-corrected chi connectivity index (χ1v) is 10.6. The van der Waals surface area contributed by atoms with Crippen LogP contribution in [0.5, 0.6) is 0 Å². The van der Waals surface area contributed by atoms with E-state index in [1.807, 2.05) is 10.1 Å². The summed E-state index contributed by atoms with van der Waals surface area (Å²) in [6.45, 7) is 0. The van der Waals surface area contributed by atoms with Gasteiger partial charge < -0.3 is 5.32 Å². The van der Waals surface area contributed by atoms with Crippen LogP contribution in [0.15, 0.2) is 48.5 Å². The number of nitrogens with one attached hydrogen (secondary N) is 1. The van der Waals surface area contributed by atoms with Gasteiger partial charge in [0.15, 0.2) is 0 Å². The third-order valence-corrected chi connectivity index (χ3v) is 5.03. The number of rotatable bonds is 10. The van der Waals surface area contributed by atoms with E-state index in [-0.39, 0.29) is 27.7 Å². The van der Waals surface area contributed by atoms with E-state index in [4.69, 9.17) is 23.2 Å². The van der Waals surface area contributed by atoms with Crippen LogP contribution < -0.4 is 5.32 Å². The molecule has 2 rings (SSSR count). The fraction of sp³-hybridized carbons (Fsp3) is 0.286. The van der Waals surface area contributed by atoms with Gasteiger partial charge in [0.05, 0.1) is 0 Å². The van der Waals surface area contributed by atoms with Gasteiger partial charge >= 0.3 is 36.5 Å². The number of carbonyl (C=O) groups is 1. The highest BCUT2D eigenvalue weighted by Gasteiger charge is 2.80. The van der Waals surface area contributed by atoms with Gasteiger partial charge in [0.2, 0.25) is 5.91 Å². The summed E-state index contributed by atoms with van der Waals surface area (Å²) >= 11 is 11.6. The Morgan fingerprint density at radius 2 is 1.32 bits per heavy atom. The smallest absolute Gasteiger partial charge is 0.322 e. The van der Waals surface area contributed by atoms with Crippen LogP contribution in [0.2, 0.25) is 10.0 Å². The molecule has 222 valence electrons. The van der Waals surface area contributed by atoms with Gasteiger partial charge in [-0.25, -0.2) is 9.47 Å². The Hall–Kier alpha value is -2.76. The Balaban J connectivity index is 2.28. The summed E-state index contributed by atoms with van der Waals surface area (Å²) in [6.07, 6.45) is -26.1. The summed E-state index contributed by atoms with van der Waals surface area (Å²) in [7, 11) is 0. The number of hydrogen-bond donors (Lipinski definition) is 1. The highest BCUT2D eigenvalue weighted by molar-refractivity contribution is 6.35. The van der Waals surface area contributed by atoms with E-state index >= 15 is 0 Å². The molecule has 0 spiro atoms. The van der Waals surface area contributed by atoms with Gasteiger partial charge in [-0.3, -0.25) is 4.79 Å². The van der Waals surface area contributed by atoms with E-state index in [0.29, 0.717) is 6.07 Å². The molecule has 2 aromatic rings. The summed E-state index contributed by atoms with van der Waals surface area (Å²) in [5.74, 6) is -14.6. The number of anilines is 1. The lowest BCUT2D eigenvalue weighted by Crippen LogP contribution is -2.61. The number of ether oxygens (including phenoxy) is 2. The van der Waals surface area contributed by atoms with Crippen molar-refractivity contribution >= 4 is 40.9 Å². The van der Waals surface area contributed by atoms with E-state index in [9.17, 15) is 61.9 Å². The average Bonchev–Trinajstić information content (AvgIpc) is 2.76. The van der Waals surface area contributed by atoms with Crippen LogP contribution in [0, 0.1) is 0 Å². The third-order valence-electron chi connectivity index (χ3n) is 4.47.